The van der Waals surface area contributed by atoms with Gasteiger partial charge in [-0.25, -0.2) is 0 Å². The third-order valence-electron chi connectivity index (χ3n) is 4.09. The molecule has 0 aromatic rings. The lowest BCUT2D eigenvalue weighted by molar-refractivity contribution is 0.207. The van der Waals surface area contributed by atoms with Crippen molar-refractivity contribution in [3.63, 3.8) is 0 Å². The Labute approximate surface area is 95.3 Å². The van der Waals surface area contributed by atoms with Gasteiger partial charge in [-0.2, -0.15) is 0 Å². The van der Waals surface area contributed by atoms with Crippen molar-refractivity contribution in [3.8, 4) is 0 Å². The monoisotopic (exact) mass is 226 g/mol. The summed E-state index contributed by atoms with van der Waals surface area (Å²) in [6.45, 7) is 4.83. The van der Waals surface area contributed by atoms with Crippen LogP contribution in [0.1, 0.15) is 33.1 Å². The first-order valence-corrected chi connectivity index (χ1v) is 7.58. The van der Waals surface area contributed by atoms with Crippen LogP contribution in [0.15, 0.2) is 11.6 Å². The molecule has 1 spiro atoms. The average Bonchev–Trinajstić information content (AvgIpc) is 2.51. The van der Waals surface area contributed by atoms with Crippen LogP contribution in [0.5, 0.6) is 0 Å². The molecule has 2 fully saturated rings. The predicted octanol–water partition coefficient (Wildman–Crippen LogP) is 3.93. The van der Waals surface area contributed by atoms with Gasteiger partial charge in [0.2, 0.25) is 0 Å². The van der Waals surface area contributed by atoms with E-state index < -0.39 is 0 Å². The first-order valence-electron chi connectivity index (χ1n) is 5.61. The minimum atomic E-state index is 0.531. The first-order chi connectivity index (χ1) is 6.64. The minimum absolute atomic E-state index is 0.531. The molecule has 1 saturated heterocycles. The Morgan fingerprint density at radius 1 is 1.36 bits per heavy atom. The fourth-order valence-electron chi connectivity index (χ4n) is 3.59. The molecule has 0 unspecified atom stereocenters. The molecule has 78 valence electrons. The summed E-state index contributed by atoms with van der Waals surface area (Å²) in [5.74, 6) is 3.65. The quantitative estimate of drug-likeness (QED) is 0.574. The van der Waals surface area contributed by atoms with Crippen LogP contribution in [-0.4, -0.2) is 15.6 Å². The number of hydrogen-bond acceptors (Lipinski definition) is 2. The molecule has 1 saturated carbocycles. The van der Waals surface area contributed by atoms with Gasteiger partial charge in [0, 0.05) is 17.4 Å². The van der Waals surface area contributed by atoms with E-state index in [2.05, 4.69) is 43.4 Å². The maximum Gasteiger partial charge on any atom is 0.0684 e. The normalized spacial score (nSPS) is 44.4. The lowest BCUT2D eigenvalue weighted by Gasteiger charge is -2.52. The Morgan fingerprint density at radius 3 is 2.64 bits per heavy atom. The molecule has 0 N–H and O–H groups in total. The highest BCUT2D eigenvalue weighted by molar-refractivity contribution is 8.21. The summed E-state index contributed by atoms with van der Waals surface area (Å²) in [7, 11) is 0. The molecule has 0 amide bonds. The molecular formula is C12H18S2. The van der Waals surface area contributed by atoms with Gasteiger partial charge in [-0.15, -0.1) is 23.5 Å². The summed E-state index contributed by atoms with van der Waals surface area (Å²) in [6.07, 6.45) is 6.87. The zero-order valence-electron chi connectivity index (χ0n) is 9.01. The Kier molecular flexibility index (Phi) is 2.05. The average molecular weight is 226 g/mol. The number of fused-ring (bicyclic) bond motifs is 1. The number of hydrogen-bond donors (Lipinski definition) is 0. The molecule has 1 heterocycles. The van der Waals surface area contributed by atoms with Crippen molar-refractivity contribution in [3.05, 3.63) is 11.6 Å². The van der Waals surface area contributed by atoms with Gasteiger partial charge in [-0.1, -0.05) is 18.6 Å². The minimum Gasteiger partial charge on any atom is -0.143 e. The van der Waals surface area contributed by atoms with Crippen LogP contribution >= 0.6 is 23.5 Å². The second kappa shape index (κ2) is 2.98. The maximum absolute atomic E-state index is 2.58. The van der Waals surface area contributed by atoms with Gasteiger partial charge in [-0.05, 0) is 31.6 Å². The van der Waals surface area contributed by atoms with Crippen molar-refractivity contribution in [1.82, 2.24) is 0 Å². The Balaban J connectivity index is 2.02. The van der Waals surface area contributed by atoms with Gasteiger partial charge in [0.1, 0.15) is 0 Å². The van der Waals surface area contributed by atoms with Crippen molar-refractivity contribution in [2.75, 3.05) is 11.5 Å². The van der Waals surface area contributed by atoms with Crippen LogP contribution in [0, 0.1) is 11.3 Å². The zero-order chi connectivity index (χ0) is 9.81. The van der Waals surface area contributed by atoms with Gasteiger partial charge < -0.3 is 0 Å². The van der Waals surface area contributed by atoms with Crippen LogP contribution in [-0.2, 0) is 0 Å². The van der Waals surface area contributed by atoms with Crippen LogP contribution in [0.2, 0.25) is 0 Å². The maximum atomic E-state index is 2.58. The molecule has 0 nitrogen and oxygen atoms in total. The number of thioether (sulfide) groups is 2. The third-order valence-corrected chi connectivity index (χ3v) is 7.70. The Bertz CT molecular complexity index is 289. The van der Waals surface area contributed by atoms with Gasteiger partial charge in [-0.3, -0.25) is 0 Å². The predicted molar refractivity (Wildman–Crippen MR) is 66.9 cm³/mol. The summed E-state index contributed by atoms with van der Waals surface area (Å²) in [4.78, 5) is 0. The molecule has 0 aromatic carbocycles. The van der Waals surface area contributed by atoms with Crippen molar-refractivity contribution in [1.29, 1.82) is 0 Å². The van der Waals surface area contributed by atoms with E-state index >= 15 is 0 Å². The van der Waals surface area contributed by atoms with E-state index in [4.69, 9.17) is 0 Å². The van der Waals surface area contributed by atoms with Crippen LogP contribution < -0.4 is 0 Å². The van der Waals surface area contributed by atoms with Crippen molar-refractivity contribution in [2.24, 2.45) is 11.3 Å². The molecule has 0 aromatic heterocycles. The van der Waals surface area contributed by atoms with Crippen molar-refractivity contribution in [2.45, 2.75) is 37.2 Å². The second-order valence-corrected chi connectivity index (χ2v) is 8.43. The van der Waals surface area contributed by atoms with E-state index in [-0.39, 0.29) is 0 Å². The smallest absolute Gasteiger partial charge is 0.0684 e. The van der Waals surface area contributed by atoms with E-state index in [1.54, 1.807) is 5.57 Å². The van der Waals surface area contributed by atoms with Crippen LogP contribution in [0.3, 0.4) is 0 Å². The highest BCUT2D eigenvalue weighted by Gasteiger charge is 2.53. The standard InChI is InChI=1S/C12H18S2/c1-9-7-11(2)4-3-10(9)12(8-11)13-5-6-14-12/h7,10H,3-6,8H2,1-2H3/t10-,11+/m0/s1. The second-order valence-electron chi connectivity index (χ2n) is 5.32. The fourth-order valence-corrected chi connectivity index (χ4v) is 7.65. The van der Waals surface area contributed by atoms with Gasteiger partial charge in [0.25, 0.3) is 0 Å². The Hall–Kier alpha value is 0.440. The SMILES string of the molecule is CC1=C[C@@]2(C)CC[C@@H]1C1(C2)SCCS1. The molecule has 2 bridgehead atoms. The van der Waals surface area contributed by atoms with Gasteiger partial charge in [0.05, 0.1) is 4.08 Å². The molecular weight excluding hydrogens is 208 g/mol. The van der Waals surface area contributed by atoms with E-state index in [9.17, 15) is 0 Å². The fraction of sp³-hybridized carbons (Fsp3) is 0.833. The van der Waals surface area contributed by atoms with E-state index in [1.165, 1.54) is 30.8 Å². The largest absolute Gasteiger partial charge is 0.143 e. The van der Waals surface area contributed by atoms with E-state index in [1.807, 2.05) is 0 Å². The highest BCUT2D eigenvalue weighted by Crippen LogP contribution is 2.65. The molecule has 14 heavy (non-hydrogen) atoms. The first kappa shape index (κ1) is 9.65. The molecule has 4 rings (SSSR count). The van der Waals surface area contributed by atoms with Crippen molar-refractivity contribution < 1.29 is 0 Å². The molecule has 3 aliphatic carbocycles. The number of rotatable bonds is 0. The lowest BCUT2D eigenvalue weighted by atomic mass is 9.63. The lowest BCUT2D eigenvalue weighted by Crippen LogP contribution is -2.45. The van der Waals surface area contributed by atoms with Gasteiger partial charge >= 0.3 is 0 Å². The molecule has 2 atom stereocenters. The summed E-state index contributed by atoms with van der Waals surface area (Å²) in [5, 5.41) is 0. The molecule has 1 aliphatic heterocycles. The zero-order valence-corrected chi connectivity index (χ0v) is 10.6. The van der Waals surface area contributed by atoms with Crippen molar-refractivity contribution >= 4 is 23.5 Å². The van der Waals surface area contributed by atoms with Gasteiger partial charge in [0.15, 0.2) is 0 Å². The molecule has 0 radical (unpaired) electrons. The number of allylic oxidation sites excluding steroid dienone is 2. The summed E-state index contributed by atoms with van der Waals surface area (Å²) < 4.78 is 0.589. The Morgan fingerprint density at radius 2 is 2.07 bits per heavy atom. The topological polar surface area (TPSA) is 0 Å². The molecule has 2 heteroatoms. The third kappa shape index (κ3) is 1.23. The van der Waals surface area contributed by atoms with Crippen LogP contribution in [0.4, 0.5) is 0 Å². The summed E-state index contributed by atoms with van der Waals surface area (Å²) in [5.41, 5.74) is 2.22. The summed E-state index contributed by atoms with van der Waals surface area (Å²) in [6, 6.07) is 0. The van der Waals surface area contributed by atoms with E-state index in [0.29, 0.717) is 9.49 Å². The van der Waals surface area contributed by atoms with E-state index in [0.717, 1.165) is 5.92 Å². The highest BCUT2D eigenvalue weighted by atomic mass is 32.2. The molecule has 4 aliphatic rings. The summed E-state index contributed by atoms with van der Waals surface area (Å²) >= 11 is 4.51. The van der Waals surface area contributed by atoms with Crippen LogP contribution in [0.25, 0.3) is 0 Å².